The molecule has 0 saturated carbocycles. The summed E-state index contributed by atoms with van der Waals surface area (Å²) in [5, 5.41) is 3.12. The van der Waals surface area contributed by atoms with Crippen LogP contribution in [0.15, 0.2) is 30.3 Å². The van der Waals surface area contributed by atoms with Crippen LogP contribution in [0.25, 0.3) is 0 Å². The number of likely N-dealkylation sites (tertiary alicyclic amines) is 1. The van der Waals surface area contributed by atoms with E-state index in [1.807, 2.05) is 6.07 Å². The number of hydrogen-bond acceptors (Lipinski definition) is 2. The molecule has 1 unspecified atom stereocenters. The molecule has 1 aromatic carbocycles. The maximum absolute atomic E-state index is 12.2. The molecule has 1 saturated heterocycles. The van der Waals surface area contributed by atoms with E-state index < -0.39 is 0 Å². The van der Waals surface area contributed by atoms with Crippen LogP contribution in [0.4, 0.5) is 0 Å². The Morgan fingerprint density at radius 1 is 1.17 bits per heavy atom. The van der Waals surface area contributed by atoms with Crippen LogP contribution in [0.1, 0.15) is 58.4 Å². The Labute approximate surface area is 141 Å². The Kier molecular flexibility index (Phi) is 6.64. The quantitative estimate of drug-likeness (QED) is 0.831. The Balaban J connectivity index is 1.72. The molecule has 23 heavy (non-hydrogen) atoms. The van der Waals surface area contributed by atoms with Gasteiger partial charge in [-0.15, -0.1) is 0 Å². The minimum atomic E-state index is 0.0388. The Morgan fingerprint density at radius 2 is 1.83 bits per heavy atom. The summed E-state index contributed by atoms with van der Waals surface area (Å²) in [7, 11) is 0. The van der Waals surface area contributed by atoms with Gasteiger partial charge in [0.25, 0.3) is 0 Å². The summed E-state index contributed by atoms with van der Waals surface area (Å²) in [4.78, 5) is 14.7. The summed E-state index contributed by atoms with van der Waals surface area (Å²) < 4.78 is 0. The second kappa shape index (κ2) is 8.49. The molecule has 2 rings (SSSR count). The lowest BCUT2D eigenvalue weighted by molar-refractivity contribution is -0.121. The molecule has 1 aliphatic rings. The largest absolute Gasteiger partial charge is 0.355 e. The van der Waals surface area contributed by atoms with E-state index in [-0.39, 0.29) is 11.3 Å². The van der Waals surface area contributed by atoms with Crippen molar-refractivity contribution < 1.29 is 4.79 Å². The van der Waals surface area contributed by atoms with Crippen LogP contribution in [0, 0.1) is 0 Å². The lowest BCUT2D eigenvalue weighted by Gasteiger charge is -2.32. The first-order valence-corrected chi connectivity index (χ1v) is 9.05. The highest BCUT2D eigenvalue weighted by Gasteiger charge is 2.22. The number of amides is 1. The molecule has 0 aliphatic carbocycles. The van der Waals surface area contributed by atoms with Gasteiger partial charge in [0.1, 0.15) is 0 Å². The van der Waals surface area contributed by atoms with Crippen molar-refractivity contribution in [3.05, 3.63) is 35.9 Å². The molecule has 0 spiro atoms. The van der Waals surface area contributed by atoms with Gasteiger partial charge in [-0.05, 0) is 50.3 Å². The third kappa shape index (κ3) is 5.65. The maximum Gasteiger partial charge on any atom is 0.220 e. The molecule has 1 heterocycles. The molecule has 3 heteroatoms. The number of carbonyl (C=O) groups excluding carboxylic acids is 1. The molecule has 1 amide bonds. The van der Waals surface area contributed by atoms with Gasteiger partial charge < -0.3 is 5.32 Å². The van der Waals surface area contributed by atoms with Crippen LogP contribution >= 0.6 is 0 Å². The van der Waals surface area contributed by atoms with Gasteiger partial charge in [0, 0.05) is 19.0 Å². The molecule has 0 bridgehead atoms. The van der Waals surface area contributed by atoms with Crippen LogP contribution in [0.2, 0.25) is 0 Å². The van der Waals surface area contributed by atoms with Crippen molar-refractivity contribution in [1.82, 2.24) is 10.2 Å². The van der Waals surface area contributed by atoms with Crippen molar-refractivity contribution in [1.29, 1.82) is 0 Å². The summed E-state index contributed by atoms with van der Waals surface area (Å²) in [6, 6.07) is 10.9. The normalized spacial score (nSPS) is 17.7. The monoisotopic (exact) mass is 316 g/mol. The average Bonchev–Trinajstić information content (AvgIpc) is 2.59. The second-order valence-corrected chi connectivity index (χ2v) is 7.50. The number of carbonyl (C=O) groups is 1. The van der Waals surface area contributed by atoms with E-state index in [4.69, 9.17) is 0 Å². The second-order valence-electron chi connectivity index (χ2n) is 7.50. The van der Waals surface area contributed by atoms with Crippen LogP contribution in [-0.4, -0.2) is 36.5 Å². The van der Waals surface area contributed by atoms with Gasteiger partial charge in [-0.1, -0.05) is 50.6 Å². The first kappa shape index (κ1) is 18.0. The van der Waals surface area contributed by atoms with E-state index in [0.717, 1.165) is 13.0 Å². The number of hydrogen-bond donors (Lipinski definition) is 1. The van der Waals surface area contributed by atoms with Crippen LogP contribution < -0.4 is 5.32 Å². The molecule has 1 aromatic rings. The van der Waals surface area contributed by atoms with E-state index in [1.54, 1.807) is 0 Å². The first-order valence-electron chi connectivity index (χ1n) is 9.05. The summed E-state index contributed by atoms with van der Waals surface area (Å²) in [5.41, 5.74) is 1.34. The molecule has 128 valence electrons. The molecule has 1 N–H and O–H groups in total. The van der Waals surface area contributed by atoms with Crippen molar-refractivity contribution in [3.63, 3.8) is 0 Å². The molecule has 0 aromatic heterocycles. The molecule has 1 aliphatic heterocycles. The van der Waals surface area contributed by atoms with E-state index in [9.17, 15) is 4.79 Å². The zero-order chi connectivity index (χ0) is 16.7. The molecule has 0 radical (unpaired) electrons. The molecule has 3 nitrogen and oxygen atoms in total. The third-order valence-corrected chi connectivity index (χ3v) is 5.14. The van der Waals surface area contributed by atoms with Crippen molar-refractivity contribution >= 4 is 5.91 Å². The van der Waals surface area contributed by atoms with Crippen LogP contribution in [-0.2, 0) is 10.2 Å². The van der Waals surface area contributed by atoms with Gasteiger partial charge in [0.05, 0.1) is 0 Å². The van der Waals surface area contributed by atoms with Crippen molar-refractivity contribution in [2.45, 2.75) is 64.3 Å². The maximum atomic E-state index is 12.2. The minimum absolute atomic E-state index is 0.0388. The van der Waals surface area contributed by atoms with Gasteiger partial charge in [-0.25, -0.2) is 0 Å². The zero-order valence-corrected chi connectivity index (χ0v) is 15.0. The predicted octanol–water partition coefficient (Wildman–Crippen LogP) is 3.74. The number of nitrogens with one attached hydrogen (secondary N) is 1. The van der Waals surface area contributed by atoms with Gasteiger partial charge >= 0.3 is 0 Å². The average molecular weight is 316 g/mol. The minimum Gasteiger partial charge on any atom is -0.355 e. The predicted molar refractivity (Wildman–Crippen MR) is 96.6 cm³/mol. The zero-order valence-electron chi connectivity index (χ0n) is 15.0. The molecule has 1 atom stereocenters. The summed E-state index contributed by atoms with van der Waals surface area (Å²) in [5.74, 6) is 0.179. The highest BCUT2D eigenvalue weighted by Crippen LogP contribution is 2.27. The highest BCUT2D eigenvalue weighted by atomic mass is 16.1. The number of rotatable bonds is 7. The van der Waals surface area contributed by atoms with Crippen LogP contribution in [0.5, 0.6) is 0 Å². The van der Waals surface area contributed by atoms with E-state index in [0.29, 0.717) is 12.5 Å². The topological polar surface area (TPSA) is 32.3 Å². The fourth-order valence-electron chi connectivity index (χ4n) is 3.30. The fraction of sp³-hybridized carbons (Fsp3) is 0.650. The SMILES string of the molecule is CC(CNC(=O)CCC(C)(C)c1ccccc1)N1CCCCC1. The first-order chi connectivity index (χ1) is 11.0. The van der Waals surface area contributed by atoms with E-state index >= 15 is 0 Å². The third-order valence-electron chi connectivity index (χ3n) is 5.14. The number of piperidine rings is 1. The Hall–Kier alpha value is -1.35. The summed E-state index contributed by atoms with van der Waals surface area (Å²) in [6.45, 7) is 9.78. The van der Waals surface area contributed by atoms with E-state index in [2.05, 4.69) is 55.3 Å². The summed E-state index contributed by atoms with van der Waals surface area (Å²) in [6.07, 6.45) is 5.41. The van der Waals surface area contributed by atoms with Crippen molar-refractivity contribution in [3.8, 4) is 0 Å². The highest BCUT2D eigenvalue weighted by molar-refractivity contribution is 5.76. The van der Waals surface area contributed by atoms with Gasteiger partial charge in [0.15, 0.2) is 0 Å². The van der Waals surface area contributed by atoms with E-state index in [1.165, 1.54) is 37.9 Å². The standard InChI is InChI=1S/C20H32N2O/c1-17(22-14-8-5-9-15-22)16-21-19(23)12-13-20(2,3)18-10-6-4-7-11-18/h4,6-7,10-11,17H,5,8-9,12-16H2,1-3H3,(H,21,23). The number of benzene rings is 1. The summed E-state index contributed by atoms with van der Waals surface area (Å²) >= 11 is 0. The van der Waals surface area contributed by atoms with Gasteiger partial charge in [0.2, 0.25) is 5.91 Å². The number of nitrogens with zero attached hydrogens (tertiary/aromatic N) is 1. The lowest BCUT2D eigenvalue weighted by atomic mass is 9.80. The Bertz CT molecular complexity index is 478. The van der Waals surface area contributed by atoms with Gasteiger partial charge in [-0.2, -0.15) is 0 Å². The lowest BCUT2D eigenvalue weighted by Crippen LogP contribution is -2.44. The van der Waals surface area contributed by atoms with Gasteiger partial charge in [-0.3, -0.25) is 9.69 Å². The van der Waals surface area contributed by atoms with Crippen LogP contribution in [0.3, 0.4) is 0 Å². The fourth-order valence-corrected chi connectivity index (χ4v) is 3.30. The Morgan fingerprint density at radius 3 is 2.48 bits per heavy atom. The molecule has 1 fully saturated rings. The van der Waals surface area contributed by atoms with Crippen molar-refractivity contribution in [2.75, 3.05) is 19.6 Å². The molecular weight excluding hydrogens is 284 g/mol. The smallest absolute Gasteiger partial charge is 0.220 e. The van der Waals surface area contributed by atoms with Crippen molar-refractivity contribution in [2.24, 2.45) is 0 Å². The molecular formula is C20H32N2O.